The van der Waals surface area contributed by atoms with E-state index in [1.165, 1.54) is 16.4 Å². The molecular weight excluding hydrogens is 405 g/mol. The molecule has 5 rings (SSSR count). The van der Waals surface area contributed by atoms with Crippen LogP contribution in [0, 0.1) is 0 Å². The molecule has 5 heteroatoms. The fourth-order valence-corrected chi connectivity index (χ4v) is 5.33. The molecule has 1 aliphatic rings. The van der Waals surface area contributed by atoms with Crippen LogP contribution in [0.4, 0.5) is 0 Å². The lowest BCUT2D eigenvalue weighted by Crippen LogP contribution is -2.15. The maximum absolute atomic E-state index is 6.60. The first-order chi connectivity index (χ1) is 15.3. The summed E-state index contributed by atoms with van der Waals surface area (Å²) in [5, 5.41) is 2.24. The molecule has 31 heavy (non-hydrogen) atoms. The summed E-state index contributed by atoms with van der Waals surface area (Å²) in [7, 11) is 3.85. The first-order valence-corrected chi connectivity index (χ1v) is 11.2. The minimum atomic E-state index is 0.166. The molecule has 3 aromatic carbocycles. The second-order valence-electron chi connectivity index (χ2n) is 7.26. The second-order valence-corrected chi connectivity index (χ2v) is 8.66. The number of ether oxygens (including phenoxy) is 3. The van der Waals surface area contributed by atoms with E-state index < -0.39 is 0 Å². The van der Waals surface area contributed by atoms with Gasteiger partial charge in [-0.1, -0.05) is 63.2 Å². The molecular formula is C26H22NO3P. The molecule has 0 fully saturated rings. The van der Waals surface area contributed by atoms with Crippen LogP contribution in [0.2, 0.25) is 0 Å². The zero-order valence-electron chi connectivity index (χ0n) is 17.3. The van der Waals surface area contributed by atoms with E-state index in [4.69, 9.17) is 14.2 Å². The molecule has 0 saturated heterocycles. The van der Waals surface area contributed by atoms with Crippen LogP contribution in [0.3, 0.4) is 0 Å². The molecule has 0 amide bonds. The van der Waals surface area contributed by atoms with E-state index in [2.05, 4.69) is 59.6 Å². The maximum Gasteiger partial charge on any atom is 0.162 e. The van der Waals surface area contributed by atoms with Crippen LogP contribution in [0.1, 0.15) is 16.8 Å². The highest BCUT2D eigenvalue weighted by Gasteiger charge is 2.25. The Bertz CT molecular complexity index is 1270. The number of hydrogen-bond acceptors (Lipinski definition) is 4. The van der Waals surface area contributed by atoms with Gasteiger partial charge < -0.3 is 14.2 Å². The van der Waals surface area contributed by atoms with Gasteiger partial charge in [0, 0.05) is 17.6 Å². The fraction of sp³-hybridized carbons (Fsp3) is 0.115. The van der Waals surface area contributed by atoms with Crippen LogP contribution < -0.4 is 19.5 Å². The van der Waals surface area contributed by atoms with E-state index in [1.54, 1.807) is 20.4 Å². The summed E-state index contributed by atoms with van der Waals surface area (Å²) in [5.41, 5.74) is 3.42. The van der Waals surface area contributed by atoms with Crippen molar-refractivity contribution in [3.63, 3.8) is 0 Å². The highest BCUT2D eigenvalue weighted by atomic mass is 31.1. The average Bonchev–Trinajstić information content (AvgIpc) is 2.83. The van der Waals surface area contributed by atoms with Gasteiger partial charge in [-0.15, -0.1) is 0 Å². The summed E-state index contributed by atoms with van der Waals surface area (Å²) in [4.78, 5) is 4.50. The highest BCUT2D eigenvalue weighted by molar-refractivity contribution is 7.48. The Morgan fingerprint density at radius 3 is 2.35 bits per heavy atom. The molecule has 0 saturated carbocycles. The van der Waals surface area contributed by atoms with Crippen molar-refractivity contribution in [3.05, 3.63) is 95.9 Å². The maximum atomic E-state index is 6.60. The van der Waals surface area contributed by atoms with Gasteiger partial charge in [0.15, 0.2) is 11.5 Å². The number of rotatable bonds is 5. The molecule has 0 bridgehead atoms. The predicted octanol–water partition coefficient (Wildman–Crippen LogP) is 5.73. The van der Waals surface area contributed by atoms with E-state index in [-0.39, 0.29) is 5.66 Å². The van der Waals surface area contributed by atoms with E-state index in [0.717, 1.165) is 22.4 Å². The number of allylic oxidation sites excluding steroid dienone is 1. The zero-order valence-corrected chi connectivity index (χ0v) is 18.3. The topological polar surface area (TPSA) is 40.6 Å². The van der Waals surface area contributed by atoms with Gasteiger partial charge in [0.1, 0.15) is 11.5 Å². The smallest absolute Gasteiger partial charge is 0.162 e. The number of nitrogens with zero attached hydrogens (tertiary/aromatic N) is 1. The van der Waals surface area contributed by atoms with Gasteiger partial charge in [-0.05, 0) is 34.6 Å². The molecule has 4 aromatic rings. The van der Waals surface area contributed by atoms with Crippen LogP contribution >= 0.6 is 8.58 Å². The molecule has 2 heterocycles. The SMILES string of the molecule is COc1cc2nccc(OC3=Cc4ccccc4PC3c3ccccc3)c2cc1OC. The minimum absolute atomic E-state index is 0.166. The molecule has 2 atom stereocenters. The third-order valence-corrected chi connectivity index (χ3v) is 7.08. The summed E-state index contributed by atoms with van der Waals surface area (Å²) in [6.07, 6.45) is 3.93. The van der Waals surface area contributed by atoms with Crippen molar-refractivity contribution in [2.75, 3.05) is 14.2 Å². The van der Waals surface area contributed by atoms with Crippen molar-refractivity contribution in [2.24, 2.45) is 0 Å². The van der Waals surface area contributed by atoms with Crippen molar-refractivity contribution in [1.29, 1.82) is 0 Å². The van der Waals surface area contributed by atoms with Crippen LogP contribution in [-0.2, 0) is 0 Å². The summed E-state index contributed by atoms with van der Waals surface area (Å²) in [6, 6.07) is 24.8. The third kappa shape index (κ3) is 3.75. The number of benzene rings is 3. The molecule has 2 unspecified atom stereocenters. The molecule has 4 nitrogen and oxygen atoms in total. The van der Waals surface area contributed by atoms with E-state index in [0.29, 0.717) is 20.1 Å². The van der Waals surface area contributed by atoms with Gasteiger partial charge in [0.05, 0.1) is 25.4 Å². The number of fused-ring (bicyclic) bond motifs is 2. The molecule has 0 spiro atoms. The summed E-state index contributed by atoms with van der Waals surface area (Å²) < 4.78 is 17.5. The normalized spacial score (nSPS) is 15.9. The van der Waals surface area contributed by atoms with E-state index >= 15 is 0 Å². The molecule has 0 radical (unpaired) electrons. The van der Waals surface area contributed by atoms with E-state index in [1.807, 2.05) is 24.3 Å². The minimum Gasteiger partial charge on any atom is -0.493 e. The second kappa shape index (κ2) is 8.41. The van der Waals surface area contributed by atoms with Crippen LogP contribution in [0.15, 0.2) is 84.8 Å². The summed E-state index contributed by atoms with van der Waals surface area (Å²) >= 11 is 0. The monoisotopic (exact) mass is 427 g/mol. The van der Waals surface area contributed by atoms with Gasteiger partial charge in [0.25, 0.3) is 0 Å². The standard InChI is InChI=1S/C26H22NO3P/c1-28-22-15-19-20(16-23(22)29-2)27-13-12-21(19)30-24-14-18-10-6-7-11-25(18)31-26(24)17-8-4-3-5-9-17/h3-16,26,31H,1-2H3. The Labute approximate surface area is 183 Å². The zero-order chi connectivity index (χ0) is 21.2. The number of methoxy groups -OCH3 is 2. The van der Waals surface area contributed by atoms with Crippen LogP contribution in [-0.4, -0.2) is 19.2 Å². The molecule has 0 aliphatic carbocycles. The quantitative estimate of drug-likeness (QED) is 0.382. The van der Waals surface area contributed by atoms with Gasteiger partial charge in [-0.25, -0.2) is 0 Å². The van der Waals surface area contributed by atoms with Crippen LogP contribution in [0.5, 0.6) is 17.2 Å². The predicted molar refractivity (Wildman–Crippen MR) is 127 cm³/mol. The number of hydrogen-bond donors (Lipinski definition) is 0. The Morgan fingerprint density at radius 2 is 1.55 bits per heavy atom. The number of aromatic nitrogens is 1. The summed E-state index contributed by atoms with van der Waals surface area (Å²) in [5.74, 6) is 2.99. The number of pyridine rings is 1. The third-order valence-electron chi connectivity index (χ3n) is 5.41. The van der Waals surface area contributed by atoms with Crippen LogP contribution in [0.25, 0.3) is 17.0 Å². The lowest BCUT2D eigenvalue weighted by Gasteiger charge is -2.27. The van der Waals surface area contributed by atoms with Gasteiger partial charge >= 0.3 is 0 Å². The van der Waals surface area contributed by atoms with Crippen molar-refractivity contribution in [3.8, 4) is 17.2 Å². The molecule has 1 aliphatic heterocycles. The lowest BCUT2D eigenvalue weighted by atomic mass is 10.1. The van der Waals surface area contributed by atoms with Gasteiger partial charge in [-0.2, -0.15) is 0 Å². The van der Waals surface area contributed by atoms with Crippen molar-refractivity contribution < 1.29 is 14.2 Å². The van der Waals surface area contributed by atoms with Crippen molar-refractivity contribution in [1.82, 2.24) is 4.98 Å². The fourth-order valence-electron chi connectivity index (χ4n) is 3.86. The van der Waals surface area contributed by atoms with Crippen molar-refractivity contribution in [2.45, 2.75) is 5.66 Å². The first-order valence-electron chi connectivity index (χ1n) is 10.1. The lowest BCUT2D eigenvalue weighted by molar-refractivity contribution is 0.355. The molecule has 1 aromatic heterocycles. The Hall–Kier alpha value is -3.36. The average molecular weight is 427 g/mol. The molecule has 154 valence electrons. The Kier molecular flexibility index (Phi) is 5.31. The first kappa shape index (κ1) is 19.6. The van der Waals surface area contributed by atoms with Crippen molar-refractivity contribution >= 4 is 30.9 Å². The summed E-state index contributed by atoms with van der Waals surface area (Å²) in [6.45, 7) is 0. The Morgan fingerprint density at radius 1 is 0.806 bits per heavy atom. The molecule has 0 N–H and O–H groups in total. The highest BCUT2D eigenvalue weighted by Crippen LogP contribution is 2.46. The van der Waals surface area contributed by atoms with Gasteiger partial charge in [0.2, 0.25) is 0 Å². The van der Waals surface area contributed by atoms with E-state index in [9.17, 15) is 0 Å². The Balaban J connectivity index is 1.61. The largest absolute Gasteiger partial charge is 0.493 e. The van der Waals surface area contributed by atoms with Gasteiger partial charge in [-0.3, -0.25) is 4.98 Å².